The van der Waals surface area contributed by atoms with Crippen molar-refractivity contribution in [1.29, 1.82) is 10.5 Å². The second kappa shape index (κ2) is 7.53. The van der Waals surface area contributed by atoms with Gasteiger partial charge in [0.15, 0.2) is 0 Å². The minimum atomic E-state index is -0.885. The molecule has 0 radical (unpaired) electrons. The van der Waals surface area contributed by atoms with Crippen molar-refractivity contribution in [2.45, 2.75) is 12.8 Å². The Hall–Kier alpha value is -2.12. The first-order valence-electron chi connectivity index (χ1n) is 3.42. The third kappa shape index (κ3) is 6.58. The van der Waals surface area contributed by atoms with Crippen molar-refractivity contribution in [3.63, 3.8) is 0 Å². The highest BCUT2D eigenvalue weighted by molar-refractivity contribution is 5.72. The highest BCUT2D eigenvalue weighted by atomic mass is 17.2. The Kier molecular flexibility index (Phi) is 6.39. The maximum atomic E-state index is 10.5. The first-order chi connectivity index (χ1) is 6.70. The predicted molar refractivity (Wildman–Crippen MR) is 38.6 cm³/mol. The van der Waals surface area contributed by atoms with E-state index in [2.05, 4.69) is 14.5 Å². The molecule has 0 aromatic carbocycles. The molecule has 74 valence electrons. The standard InChI is InChI=1S/C7H6N2O5/c8-3-1-6(10)12-5-13-14-7(11)2-4-9/h1-2,5H2. The van der Waals surface area contributed by atoms with Crippen LogP contribution in [-0.2, 0) is 24.1 Å². The minimum absolute atomic E-state index is 0.407. The molecule has 0 heterocycles. The van der Waals surface area contributed by atoms with Crippen molar-refractivity contribution in [1.82, 2.24) is 0 Å². The van der Waals surface area contributed by atoms with Crippen molar-refractivity contribution in [2.24, 2.45) is 0 Å². The van der Waals surface area contributed by atoms with Crippen LogP contribution in [0.25, 0.3) is 0 Å². The van der Waals surface area contributed by atoms with Crippen LogP contribution in [0.15, 0.2) is 0 Å². The average Bonchev–Trinajstić information content (AvgIpc) is 2.13. The van der Waals surface area contributed by atoms with E-state index in [4.69, 9.17) is 10.5 Å². The molecule has 0 aliphatic carbocycles. The summed E-state index contributed by atoms with van der Waals surface area (Å²) in [5, 5.41) is 16.1. The molecule has 14 heavy (non-hydrogen) atoms. The molecular weight excluding hydrogens is 192 g/mol. The van der Waals surface area contributed by atoms with Crippen LogP contribution in [0, 0.1) is 22.7 Å². The summed E-state index contributed by atoms with van der Waals surface area (Å²) in [7, 11) is 0. The molecule has 0 amide bonds. The van der Waals surface area contributed by atoms with Gasteiger partial charge in [-0.05, 0) is 0 Å². The van der Waals surface area contributed by atoms with Crippen molar-refractivity contribution in [3.05, 3.63) is 0 Å². The molecule has 7 heteroatoms. The van der Waals surface area contributed by atoms with Crippen LogP contribution in [0.5, 0.6) is 0 Å². The van der Waals surface area contributed by atoms with Crippen LogP contribution in [0.1, 0.15) is 12.8 Å². The molecule has 7 nitrogen and oxygen atoms in total. The number of carbonyl (C=O) groups excluding carboxylic acids is 2. The molecule has 0 spiro atoms. The molecule has 0 bridgehead atoms. The number of esters is 1. The SMILES string of the molecule is N#CCC(=O)OCOOC(=O)CC#N. The highest BCUT2D eigenvalue weighted by Gasteiger charge is 2.04. The van der Waals surface area contributed by atoms with Gasteiger partial charge < -0.3 is 4.74 Å². The zero-order valence-corrected chi connectivity index (χ0v) is 7.06. The van der Waals surface area contributed by atoms with Gasteiger partial charge in [-0.2, -0.15) is 10.5 Å². The Morgan fingerprint density at radius 1 is 1.07 bits per heavy atom. The molecule has 0 fully saturated rings. The lowest BCUT2D eigenvalue weighted by molar-refractivity contribution is -0.304. The Balaban J connectivity index is 3.39. The van der Waals surface area contributed by atoms with Crippen LogP contribution < -0.4 is 0 Å². The average molecular weight is 198 g/mol. The van der Waals surface area contributed by atoms with Gasteiger partial charge in [-0.15, -0.1) is 4.89 Å². The van der Waals surface area contributed by atoms with Crippen molar-refractivity contribution >= 4 is 11.9 Å². The van der Waals surface area contributed by atoms with Crippen molar-refractivity contribution in [3.8, 4) is 12.1 Å². The van der Waals surface area contributed by atoms with E-state index in [9.17, 15) is 9.59 Å². The van der Waals surface area contributed by atoms with Gasteiger partial charge >= 0.3 is 11.9 Å². The molecule has 0 atom stereocenters. The van der Waals surface area contributed by atoms with Gasteiger partial charge in [0, 0.05) is 0 Å². The first kappa shape index (κ1) is 11.9. The van der Waals surface area contributed by atoms with Crippen molar-refractivity contribution in [2.75, 3.05) is 6.79 Å². The lowest BCUT2D eigenvalue weighted by Gasteiger charge is -2.01. The molecular formula is C7H6N2O5. The van der Waals surface area contributed by atoms with E-state index >= 15 is 0 Å². The number of ether oxygens (including phenoxy) is 1. The van der Waals surface area contributed by atoms with E-state index in [1.54, 1.807) is 6.07 Å². The topological polar surface area (TPSA) is 109 Å². The molecule has 0 aromatic heterocycles. The molecule has 0 saturated carbocycles. The van der Waals surface area contributed by atoms with E-state index < -0.39 is 31.6 Å². The summed E-state index contributed by atoms with van der Waals surface area (Å²) in [5.74, 6) is -1.67. The number of carbonyl (C=O) groups is 2. The zero-order valence-electron chi connectivity index (χ0n) is 7.06. The summed E-state index contributed by atoms with van der Waals surface area (Å²) in [6.07, 6.45) is -0.859. The molecule has 0 saturated heterocycles. The van der Waals surface area contributed by atoms with Crippen LogP contribution in [0.4, 0.5) is 0 Å². The van der Waals surface area contributed by atoms with Crippen LogP contribution in [0.2, 0.25) is 0 Å². The van der Waals surface area contributed by atoms with Gasteiger partial charge in [-0.25, -0.2) is 4.79 Å². The number of nitriles is 2. The van der Waals surface area contributed by atoms with E-state index in [-0.39, 0.29) is 0 Å². The quantitative estimate of drug-likeness (QED) is 0.197. The second-order valence-electron chi connectivity index (χ2n) is 1.88. The lowest BCUT2D eigenvalue weighted by atomic mass is 10.5. The number of rotatable bonds is 5. The number of hydrogen-bond donors (Lipinski definition) is 0. The van der Waals surface area contributed by atoms with Crippen molar-refractivity contribution < 1.29 is 24.1 Å². The normalized spacial score (nSPS) is 8.14. The van der Waals surface area contributed by atoms with Crippen LogP contribution >= 0.6 is 0 Å². The first-order valence-corrected chi connectivity index (χ1v) is 3.42. The van der Waals surface area contributed by atoms with Gasteiger partial charge in [0.2, 0.25) is 6.79 Å². The summed E-state index contributed by atoms with van der Waals surface area (Å²) >= 11 is 0. The summed E-state index contributed by atoms with van der Waals surface area (Å²) in [6, 6.07) is 3.09. The third-order valence-corrected chi connectivity index (χ3v) is 0.867. The summed E-state index contributed by atoms with van der Waals surface area (Å²) < 4.78 is 4.27. The molecule has 0 aliphatic heterocycles. The molecule has 0 rings (SSSR count). The molecule has 0 aromatic rings. The minimum Gasteiger partial charge on any atom is -0.434 e. The van der Waals surface area contributed by atoms with E-state index in [0.29, 0.717) is 0 Å². The number of nitrogens with zero attached hydrogens (tertiary/aromatic N) is 2. The number of hydrogen-bond acceptors (Lipinski definition) is 7. The maximum Gasteiger partial charge on any atom is 0.356 e. The smallest absolute Gasteiger partial charge is 0.356 e. The fourth-order valence-corrected chi connectivity index (χ4v) is 0.389. The van der Waals surface area contributed by atoms with E-state index in [1.807, 2.05) is 0 Å². The predicted octanol–water partition coefficient (Wildman–Crippen LogP) is -0.211. The molecule has 0 aliphatic rings. The Bertz CT molecular complexity index is 257. The monoisotopic (exact) mass is 198 g/mol. The fraction of sp³-hybridized carbons (Fsp3) is 0.429. The Morgan fingerprint density at radius 3 is 2.21 bits per heavy atom. The van der Waals surface area contributed by atoms with Gasteiger partial charge in [0.05, 0.1) is 12.1 Å². The highest BCUT2D eigenvalue weighted by Crippen LogP contribution is 1.89. The molecule has 0 N–H and O–H groups in total. The largest absolute Gasteiger partial charge is 0.434 e. The summed E-state index contributed by atoms with van der Waals surface area (Å²) in [4.78, 5) is 29.0. The second-order valence-corrected chi connectivity index (χ2v) is 1.88. The van der Waals surface area contributed by atoms with E-state index in [1.165, 1.54) is 6.07 Å². The van der Waals surface area contributed by atoms with E-state index in [0.717, 1.165) is 0 Å². The van der Waals surface area contributed by atoms with Gasteiger partial charge in [0.25, 0.3) is 0 Å². The summed E-state index contributed by atoms with van der Waals surface area (Å²) in [6.45, 7) is -0.600. The van der Waals surface area contributed by atoms with Gasteiger partial charge in [-0.1, -0.05) is 0 Å². The zero-order chi connectivity index (χ0) is 10.8. The fourth-order valence-electron chi connectivity index (χ4n) is 0.389. The van der Waals surface area contributed by atoms with Crippen LogP contribution in [-0.4, -0.2) is 18.7 Å². The maximum absolute atomic E-state index is 10.5. The lowest BCUT2D eigenvalue weighted by Crippen LogP contribution is -2.10. The summed E-state index contributed by atoms with van der Waals surface area (Å²) in [5.41, 5.74) is 0. The Labute approximate surface area is 79.3 Å². The van der Waals surface area contributed by atoms with Gasteiger partial charge in [-0.3, -0.25) is 9.68 Å². The van der Waals surface area contributed by atoms with Gasteiger partial charge in [0.1, 0.15) is 12.8 Å². The molecule has 0 unspecified atom stereocenters. The third-order valence-electron chi connectivity index (χ3n) is 0.867. The Morgan fingerprint density at radius 2 is 1.64 bits per heavy atom. The van der Waals surface area contributed by atoms with Crippen LogP contribution in [0.3, 0.4) is 0 Å².